The first-order chi connectivity index (χ1) is 6.23. The van der Waals surface area contributed by atoms with Crippen molar-refractivity contribution in [2.45, 2.75) is 12.4 Å². The van der Waals surface area contributed by atoms with E-state index in [-0.39, 0.29) is 6.08 Å². The first-order valence-electron chi connectivity index (χ1n) is 3.40. The second kappa shape index (κ2) is 3.33. The van der Waals surface area contributed by atoms with Crippen LogP contribution in [0.15, 0.2) is 17.7 Å². The Morgan fingerprint density at radius 1 is 1.07 bits per heavy atom. The molecular formula is C8H3F6. The maximum atomic E-state index is 12.1. The normalized spacial score (nSPS) is 23.6. The molecule has 0 saturated carbocycles. The highest BCUT2D eigenvalue weighted by molar-refractivity contribution is 5.28. The average Bonchev–Trinajstić information content (AvgIpc) is 2.01. The van der Waals surface area contributed by atoms with E-state index in [2.05, 4.69) is 0 Å². The quantitative estimate of drug-likeness (QED) is 0.542. The first kappa shape index (κ1) is 11.1. The molecule has 1 aliphatic carbocycles. The molecule has 6 heteroatoms. The zero-order valence-electron chi connectivity index (χ0n) is 6.50. The minimum atomic E-state index is -5.01. The zero-order valence-corrected chi connectivity index (χ0v) is 6.50. The summed E-state index contributed by atoms with van der Waals surface area (Å²) in [5, 5.41) is 0. The molecule has 0 aromatic rings. The van der Waals surface area contributed by atoms with Gasteiger partial charge in [-0.1, -0.05) is 6.08 Å². The number of alkyl halides is 6. The van der Waals surface area contributed by atoms with Gasteiger partial charge in [-0.3, -0.25) is 0 Å². The van der Waals surface area contributed by atoms with Gasteiger partial charge >= 0.3 is 12.4 Å². The van der Waals surface area contributed by atoms with Crippen molar-refractivity contribution < 1.29 is 26.3 Å². The van der Waals surface area contributed by atoms with Crippen molar-refractivity contribution >= 4 is 0 Å². The lowest BCUT2D eigenvalue weighted by atomic mass is 9.90. The summed E-state index contributed by atoms with van der Waals surface area (Å²) < 4.78 is 72.4. The predicted octanol–water partition coefficient (Wildman–Crippen LogP) is 3.11. The van der Waals surface area contributed by atoms with Crippen LogP contribution in [-0.4, -0.2) is 12.4 Å². The van der Waals surface area contributed by atoms with Gasteiger partial charge in [0.1, 0.15) is 0 Å². The topological polar surface area (TPSA) is 0 Å². The average molecular weight is 213 g/mol. The Kier molecular flexibility index (Phi) is 2.65. The molecule has 1 aliphatic rings. The molecule has 0 amide bonds. The van der Waals surface area contributed by atoms with Gasteiger partial charge in [0.25, 0.3) is 0 Å². The summed E-state index contributed by atoms with van der Waals surface area (Å²) in [7, 11) is 0. The zero-order chi connectivity index (χ0) is 11.0. The molecule has 0 bridgehead atoms. The van der Waals surface area contributed by atoms with Gasteiger partial charge in [-0.05, 0) is 12.2 Å². The van der Waals surface area contributed by atoms with Crippen LogP contribution in [0.5, 0.6) is 0 Å². The molecule has 0 aliphatic heterocycles. The lowest BCUT2D eigenvalue weighted by Gasteiger charge is -2.24. The van der Waals surface area contributed by atoms with Crippen molar-refractivity contribution in [3.8, 4) is 0 Å². The van der Waals surface area contributed by atoms with Crippen LogP contribution in [0.4, 0.5) is 26.3 Å². The maximum absolute atomic E-state index is 12.1. The molecule has 0 nitrogen and oxygen atoms in total. The largest absolute Gasteiger partial charge is 0.413 e. The van der Waals surface area contributed by atoms with Gasteiger partial charge in [-0.2, -0.15) is 26.3 Å². The van der Waals surface area contributed by atoms with E-state index in [0.717, 1.165) is 0 Å². The molecule has 0 fully saturated rings. The minimum Gasteiger partial charge on any atom is -0.170 e. The molecule has 1 atom stereocenters. The fourth-order valence-electron chi connectivity index (χ4n) is 0.952. The van der Waals surface area contributed by atoms with Crippen LogP contribution in [0.1, 0.15) is 0 Å². The summed E-state index contributed by atoms with van der Waals surface area (Å²) in [6.45, 7) is 0. The van der Waals surface area contributed by atoms with Crippen LogP contribution in [0.25, 0.3) is 0 Å². The Bertz CT molecular complexity index is 267. The van der Waals surface area contributed by atoms with Crippen LogP contribution >= 0.6 is 0 Å². The second-order valence-corrected chi connectivity index (χ2v) is 2.55. The van der Waals surface area contributed by atoms with E-state index >= 15 is 0 Å². The highest BCUT2D eigenvalue weighted by Gasteiger charge is 2.50. The summed E-state index contributed by atoms with van der Waals surface area (Å²) in [4.78, 5) is 0. The van der Waals surface area contributed by atoms with Gasteiger partial charge in [-0.25, -0.2) is 0 Å². The van der Waals surface area contributed by atoms with Crippen molar-refractivity contribution in [3.63, 3.8) is 0 Å². The van der Waals surface area contributed by atoms with Gasteiger partial charge in [0, 0.05) is 12.0 Å². The van der Waals surface area contributed by atoms with Gasteiger partial charge in [0.05, 0.1) is 5.92 Å². The maximum Gasteiger partial charge on any atom is 0.413 e. The van der Waals surface area contributed by atoms with E-state index in [1.165, 1.54) is 0 Å². The molecule has 3 radical (unpaired) electrons. The van der Waals surface area contributed by atoms with Gasteiger partial charge in [-0.15, -0.1) is 0 Å². The molecule has 0 saturated heterocycles. The third-order valence-corrected chi connectivity index (χ3v) is 1.54. The lowest BCUT2D eigenvalue weighted by Crippen LogP contribution is -2.32. The van der Waals surface area contributed by atoms with Crippen LogP contribution < -0.4 is 0 Å². The summed E-state index contributed by atoms with van der Waals surface area (Å²) in [5.74, 6) is -2.70. The molecule has 0 spiro atoms. The molecule has 14 heavy (non-hydrogen) atoms. The van der Waals surface area contributed by atoms with Crippen molar-refractivity contribution in [3.05, 3.63) is 30.2 Å². The molecule has 0 aromatic carbocycles. The summed E-state index contributed by atoms with van der Waals surface area (Å²) >= 11 is 0. The standard InChI is InChI=1S/C8H3F6/c9-7(10,11)5-3-1-2-4-6(5)8(12,13)14/h1,4-5H. The predicted molar refractivity (Wildman–Crippen MR) is 34.7 cm³/mol. The number of allylic oxidation sites excluding steroid dienone is 4. The van der Waals surface area contributed by atoms with Crippen molar-refractivity contribution in [2.24, 2.45) is 5.92 Å². The van der Waals surface area contributed by atoms with Gasteiger partial charge in [0.15, 0.2) is 0 Å². The third kappa shape index (κ3) is 2.30. The van der Waals surface area contributed by atoms with Crippen molar-refractivity contribution in [1.29, 1.82) is 0 Å². The fourth-order valence-corrected chi connectivity index (χ4v) is 0.952. The van der Waals surface area contributed by atoms with E-state index < -0.39 is 23.8 Å². The van der Waals surface area contributed by atoms with E-state index in [1.54, 1.807) is 6.42 Å². The molecule has 0 aromatic heterocycles. The van der Waals surface area contributed by atoms with Gasteiger partial charge < -0.3 is 0 Å². The van der Waals surface area contributed by atoms with E-state index in [1.807, 2.05) is 6.08 Å². The third-order valence-electron chi connectivity index (χ3n) is 1.54. The molecule has 77 valence electrons. The number of hydrogen-bond donors (Lipinski definition) is 0. The monoisotopic (exact) mass is 213 g/mol. The summed E-state index contributed by atoms with van der Waals surface area (Å²) in [6.07, 6.45) is -5.50. The Labute approximate surface area is 75.9 Å². The molecule has 1 unspecified atom stereocenters. The minimum absolute atomic E-state index is 0.286. The van der Waals surface area contributed by atoms with E-state index in [0.29, 0.717) is 6.08 Å². The summed E-state index contributed by atoms with van der Waals surface area (Å²) in [6, 6.07) is 0. The Balaban J connectivity index is 3.00. The van der Waals surface area contributed by atoms with E-state index in [9.17, 15) is 26.3 Å². The smallest absolute Gasteiger partial charge is 0.170 e. The highest BCUT2D eigenvalue weighted by atomic mass is 19.4. The SMILES string of the molecule is FC(F)(F)C1=C[C]=C[C]C1C(F)(F)F. The number of hydrogen-bond acceptors (Lipinski definition) is 0. The summed E-state index contributed by atoms with van der Waals surface area (Å²) in [5.41, 5.74) is -1.69. The Morgan fingerprint density at radius 2 is 1.64 bits per heavy atom. The molecule has 1 rings (SSSR count). The van der Waals surface area contributed by atoms with Crippen molar-refractivity contribution in [1.82, 2.24) is 0 Å². The Hall–Kier alpha value is -0.940. The number of rotatable bonds is 0. The molecule has 0 heterocycles. The van der Waals surface area contributed by atoms with Crippen LogP contribution in [0.3, 0.4) is 0 Å². The molecule has 0 N–H and O–H groups in total. The molecular weight excluding hydrogens is 210 g/mol. The number of halogens is 6. The van der Waals surface area contributed by atoms with Crippen LogP contribution in [-0.2, 0) is 0 Å². The van der Waals surface area contributed by atoms with Gasteiger partial charge in [0.2, 0.25) is 0 Å². The fraction of sp³-hybridized carbons (Fsp3) is 0.375. The highest BCUT2D eigenvalue weighted by Crippen LogP contribution is 2.43. The van der Waals surface area contributed by atoms with Crippen LogP contribution in [0.2, 0.25) is 0 Å². The second-order valence-electron chi connectivity index (χ2n) is 2.55. The lowest BCUT2D eigenvalue weighted by molar-refractivity contribution is -0.177. The first-order valence-corrected chi connectivity index (χ1v) is 3.40. The Morgan fingerprint density at radius 3 is 2.00 bits per heavy atom. The van der Waals surface area contributed by atoms with Crippen molar-refractivity contribution in [2.75, 3.05) is 0 Å². The van der Waals surface area contributed by atoms with Crippen LogP contribution in [0, 0.1) is 18.4 Å². The van der Waals surface area contributed by atoms with E-state index in [4.69, 9.17) is 0 Å².